The Balaban J connectivity index is 2.51. The first-order chi connectivity index (χ1) is 6.74. The predicted molar refractivity (Wildman–Crippen MR) is 53.0 cm³/mol. The third kappa shape index (κ3) is 3.24. The summed E-state index contributed by atoms with van der Waals surface area (Å²) in [5, 5.41) is 0. The number of carbonyl (C=O) groups excluding carboxylic acids is 1. The average molecular weight is 194 g/mol. The summed E-state index contributed by atoms with van der Waals surface area (Å²) >= 11 is 0. The van der Waals surface area contributed by atoms with Crippen molar-refractivity contribution in [3.63, 3.8) is 0 Å². The van der Waals surface area contributed by atoms with Crippen LogP contribution in [-0.2, 0) is 4.74 Å². The number of ketones is 1. The van der Waals surface area contributed by atoms with Crippen molar-refractivity contribution in [2.24, 2.45) is 5.73 Å². The van der Waals surface area contributed by atoms with Gasteiger partial charge in [0.25, 0.3) is 0 Å². The standard InChI is InChI=1S/C10H14N2O2/c1-14-7-8(11)6-10(13)9-4-2-3-5-12-9/h2-5,8H,6-7,11H2,1H3. The van der Waals surface area contributed by atoms with Crippen molar-refractivity contribution < 1.29 is 9.53 Å². The molecule has 0 fully saturated rings. The topological polar surface area (TPSA) is 65.2 Å². The molecule has 2 N–H and O–H groups in total. The van der Waals surface area contributed by atoms with Crippen LogP contribution in [0.25, 0.3) is 0 Å². The Kier molecular flexibility index (Phi) is 4.22. The van der Waals surface area contributed by atoms with Gasteiger partial charge in [0.1, 0.15) is 5.69 Å². The first kappa shape index (κ1) is 10.8. The minimum Gasteiger partial charge on any atom is -0.383 e. The summed E-state index contributed by atoms with van der Waals surface area (Å²) in [6.07, 6.45) is 1.86. The van der Waals surface area contributed by atoms with Gasteiger partial charge in [-0.15, -0.1) is 0 Å². The third-order valence-electron chi connectivity index (χ3n) is 1.78. The van der Waals surface area contributed by atoms with Crippen molar-refractivity contribution in [1.29, 1.82) is 0 Å². The summed E-state index contributed by atoms with van der Waals surface area (Å²) in [7, 11) is 1.56. The zero-order valence-electron chi connectivity index (χ0n) is 8.14. The van der Waals surface area contributed by atoms with Gasteiger partial charge in [-0.05, 0) is 12.1 Å². The van der Waals surface area contributed by atoms with Crippen LogP contribution in [0.4, 0.5) is 0 Å². The van der Waals surface area contributed by atoms with E-state index in [9.17, 15) is 4.79 Å². The van der Waals surface area contributed by atoms with Crippen LogP contribution in [-0.4, -0.2) is 30.5 Å². The lowest BCUT2D eigenvalue weighted by molar-refractivity contribution is 0.0944. The maximum absolute atomic E-state index is 11.5. The third-order valence-corrected chi connectivity index (χ3v) is 1.78. The molecule has 0 aromatic carbocycles. The number of hydrogen-bond acceptors (Lipinski definition) is 4. The van der Waals surface area contributed by atoms with E-state index in [-0.39, 0.29) is 18.2 Å². The second kappa shape index (κ2) is 5.47. The number of carbonyl (C=O) groups is 1. The van der Waals surface area contributed by atoms with E-state index in [0.717, 1.165) is 0 Å². The van der Waals surface area contributed by atoms with E-state index in [1.54, 1.807) is 31.5 Å². The normalized spacial score (nSPS) is 12.4. The Morgan fingerprint density at radius 1 is 1.64 bits per heavy atom. The molecule has 0 amide bonds. The van der Waals surface area contributed by atoms with Crippen LogP contribution < -0.4 is 5.73 Å². The maximum atomic E-state index is 11.5. The van der Waals surface area contributed by atoms with Gasteiger partial charge in [0.2, 0.25) is 0 Å². The van der Waals surface area contributed by atoms with Crippen LogP contribution in [0.5, 0.6) is 0 Å². The quantitative estimate of drug-likeness (QED) is 0.698. The zero-order chi connectivity index (χ0) is 10.4. The monoisotopic (exact) mass is 194 g/mol. The predicted octanol–water partition coefficient (Wildman–Crippen LogP) is 0.628. The largest absolute Gasteiger partial charge is 0.383 e. The molecule has 4 heteroatoms. The number of pyridine rings is 1. The van der Waals surface area contributed by atoms with E-state index in [0.29, 0.717) is 12.3 Å². The lowest BCUT2D eigenvalue weighted by atomic mass is 10.1. The molecule has 1 heterocycles. The number of ether oxygens (including phenoxy) is 1. The second-order valence-electron chi connectivity index (χ2n) is 3.06. The molecule has 1 aromatic heterocycles. The molecule has 76 valence electrons. The molecule has 0 spiro atoms. The van der Waals surface area contributed by atoms with E-state index in [1.807, 2.05) is 0 Å². The van der Waals surface area contributed by atoms with Crippen molar-refractivity contribution in [3.05, 3.63) is 30.1 Å². The number of nitrogens with two attached hydrogens (primary N) is 1. The molecule has 14 heavy (non-hydrogen) atoms. The molecule has 4 nitrogen and oxygen atoms in total. The summed E-state index contributed by atoms with van der Waals surface area (Å²) in [6, 6.07) is 4.98. The van der Waals surface area contributed by atoms with Crippen LogP contribution in [0.15, 0.2) is 24.4 Å². The first-order valence-electron chi connectivity index (χ1n) is 4.42. The van der Waals surface area contributed by atoms with Gasteiger partial charge in [0, 0.05) is 25.8 Å². The highest BCUT2D eigenvalue weighted by Gasteiger charge is 2.11. The van der Waals surface area contributed by atoms with Crippen LogP contribution in [0, 0.1) is 0 Å². The molecular formula is C10H14N2O2. The Morgan fingerprint density at radius 2 is 2.43 bits per heavy atom. The molecule has 0 aliphatic carbocycles. The van der Waals surface area contributed by atoms with Gasteiger partial charge in [-0.2, -0.15) is 0 Å². The number of rotatable bonds is 5. The maximum Gasteiger partial charge on any atom is 0.182 e. The molecule has 0 bridgehead atoms. The number of Topliss-reactive ketones (excluding diaryl/α,β-unsaturated/α-hetero) is 1. The lowest BCUT2D eigenvalue weighted by Gasteiger charge is -2.08. The van der Waals surface area contributed by atoms with E-state index < -0.39 is 0 Å². The number of aromatic nitrogens is 1. The molecule has 0 radical (unpaired) electrons. The number of methoxy groups -OCH3 is 1. The van der Waals surface area contributed by atoms with Crippen molar-refractivity contribution >= 4 is 5.78 Å². The SMILES string of the molecule is COCC(N)CC(=O)c1ccccn1. The van der Waals surface area contributed by atoms with Crippen LogP contribution >= 0.6 is 0 Å². The Labute approximate surface area is 83.1 Å². The van der Waals surface area contributed by atoms with Crippen LogP contribution in [0.2, 0.25) is 0 Å². The first-order valence-corrected chi connectivity index (χ1v) is 4.42. The van der Waals surface area contributed by atoms with Crippen molar-refractivity contribution in [2.75, 3.05) is 13.7 Å². The summed E-state index contributed by atoms with van der Waals surface area (Å²) in [6.45, 7) is 0.387. The van der Waals surface area contributed by atoms with Crippen LogP contribution in [0.1, 0.15) is 16.9 Å². The van der Waals surface area contributed by atoms with Gasteiger partial charge >= 0.3 is 0 Å². The van der Waals surface area contributed by atoms with Gasteiger partial charge in [-0.1, -0.05) is 6.07 Å². The molecule has 0 saturated heterocycles. The molecular weight excluding hydrogens is 180 g/mol. The van der Waals surface area contributed by atoms with E-state index in [1.165, 1.54) is 0 Å². The highest BCUT2D eigenvalue weighted by molar-refractivity contribution is 5.94. The molecule has 0 aliphatic rings. The fourth-order valence-electron chi connectivity index (χ4n) is 1.14. The van der Waals surface area contributed by atoms with E-state index >= 15 is 0 Å². The smallest absolute Gasteiger partial charge is 0.182 e. The zero-order valence-corrected chi connectivity index (χ0v) is 8.14. The molecule has 1 rings (SSSR count). The summed E-state index contributed by atoms with van der Waals surface area (Å²) < 4.78 is 4.84. The molecule has 0 saturated carbocycles. The second-order valence-corrected chi connectivity index (χ2v) is 3.06. The lowest BCUT2D eigenvalue weighted by Crippen LogP contribution is -2.28. The Hall–Kier alpha value is -1.26. The summed E-state index contributed by atoms with van der Waals surface area (Å²) in [5.74, 6) is -0.0462. The fourth-order valence-corrected chi connectivity index (χ4v) is 1.14. The highest BCUT2D eigenvalue weighted by atomic mass is 16.5. The van der Waals surface area contributed by atoms with Gasteiger partial charge in [0.15, 0.2) is 5.78 Å². The minimum atomic E-state index is -0.255. The van der Waals surface area contributed by atoms with Gasteiger partial charge in [-0.25, -0.2) is 0 Å². The van der Waals surface area contributed by atoms with Gasteiger partial charge in [-0.3, -0.25) is 9.78 Å². The highest BCUT2D eigenvalue weighted by Crippen LogP contribution is 2.01. The molecule has 1 aromatic rings. The van der Waals surface area contributed by atoms with Crippen molar-refractivity contribution in [3.8, 4) is 0 Å². The van der Waals surface area contributed by atoms with Crippen molar-refractivity contribution in [2.45, 2.75) is 12.5 Å². The Morgan fingerprint density at radius 3 is 3.00 bits per heavy atom. The number of nitrogens with zero attached hydrogens (tertiary/aromatic N) is 1. The molecule has 0 aliphatic heterocycles. The average Bonchev–Trinajstić information content (AvgIpc) is 2.19. The van der Waals surface area contributed by atoms with Gasteiger partial charge < -0.3 is 10.5 Å². The summed E-state index contributed by atoms with van der Waals surface area (Å²) in [5.41, 5.74) is 6.11. The van der Waals surface area contributed by atoms with E-state index in [4.69, 9.17) is 10.5 Å². The van der Waals surface area contributed by atoms with Crippen LogP contribution in [0.3, 0.4) is 0 Å². The van der Waals surface area contributed by atoms with Gasteiger partial charge in [0.05, 0.1) is 6.61 Å². The summed E-state index contributed by atoms with van der Waals surface area (Å²) in [4.78, 5) is 15.5. The molecule has 1 unspecified atom stereocenters. The fraction of sp³-hybridized carbons (Fsp3) is 0.400. The number of hydrogen-bond donors (Lipinski definition) is 1. The van der Waals surface area contributed by atoms with Crippen molar-refractivity contribution in [1.82, 2.24) is 4.98 Å². The minimum absolute atomic E-state index is 0.0462. The Bertz CT molecular complexity index is 287. The molecule has 1 atom stereocenters. The van der Waals surface area contributed by atoms with E-state index in [2.05, 4.69) is 4.98 Å².